The number of nitrogens with zero attached hydrogens (tertiary/aromatic N) is 1. The van der Waals surface area contributed by atoms with Crippen molar-refractivity contribution in [3.05, 3.63) is 34.4 Å². The molecule has 0 spiro atoms. The molecule has 0 unspecified atom stereocenters. The molecule has 8 heteroatoms. The number of amides is 1. The Balaban J connectivity index is 2.01. The van der Waals surface area contributed by atoms with Crippen molar-refractivity contribution in [3.8, 4) is 0 Å². The number of nitro benzene ring substituents is 1. The summed E-state index contributed by atoms with van der Waals surface area (Å²) in [6.07, 6.45) is 0. The van der Waals surface area contributed by atoms with Gasteiger partial charge in [0, 0.05) is 30.3 Å². The second-order valence-electron chi connectivity index (χ2n) is 6.72. The van der Waals surface area contributed by atoms with E-state index in [-0.39, 0.29) is 12.3 Å². The summed E-state index contributed by atoms with van der Waals surface area (Å²) in [6.45, 7) is 4.90. The summed E-state index contributed by atoms with van der Waals surface area (Å²) in [6, 6.07) is 5.37. The number of nitrogens with one attached hydrogen (secondary N) is 1. The Bertz CT molecular complexity index is 650. The largest absolute Gasteiger partial charge is 0.460 e. The fourth-order valence-corrected chi connectivity index (χ4v) is 2.54. The number of non-ortho nitro benzene ring substituents is 1. The molecule has 0 heterocycles. The molecule has 24 heavy (non-hydrogen) atoms. The van der Waals surface area contributed by atoms with E-state index in [4.69, 9.17) is 4.74 Å². The molecular weight excluding hydrogens is 316 g/mol. The smallest absolute Gasteiger partial charge is 0.310 e. The van der Waals surface area contributed by atoms with E-state index in [1.54, 1.807) is 20.8 Å². The third-order valence-electron chi connectivity index (χ3n) is 3.71. The van der Waals surface area contributed by atoms with Crippen LogP contribution in [0.2, 0.25) is 0 Å². The molecule has 3 atom stereocenters. The highest BCUT2D eigenvalue weighted by atomic mass is 16.6. The minimum atomic E-state index is -0.674. The molecule has 1 aliphatic rings. The monoisotopic (exact) mass is 336 g/mol. The van der Waals surface area contributed by atoms with Crippen LogP contribution in [0.3, 0.4) is 0 Å². The first-order valence-corrected chi connectivity index (χ1v) is 7.53. The van der Waals surface area contributed by atoms with Crippen LogP contribution < -0.4 is 5.32 Å². The van der Waals surface area contributed by atoms with Crippen LogP contribution in [0.15, 0.2) is 24.3 Å². The summed E-state index contributed by atoms with van der Waals surface area (Å²) >= 11 is 0. The van der Waals surface area contributed by atoms with E-state index < -0.39 is 40.2 Å². The van der Waals surface area contributed by atoms with Gasteiger partial charge in [-0.1, -0.05) is 0 Å². The number of anilines is 1. The lowest BCUT2D eigenvalue weighted by atomic mass is 10.2. The predicted octanol–water partition coefficient (Wildman–Crippen LogP) is 1.73. The number of carbonyl (C=O) groups is 2. The summed E-state index contributed by atoms with van der Waals surface area (Å²) in [5.74, 6) is -2.74. The highest BCUT2D eigenvalue weighted by Crippen LogP contribution is 2.48. The van der Waals surface area contributed by atoms with Crippen LogP contribution in [0.5, 0.6) is 0 Å². The summed E-state index contributed by atoms with van der Waals surface area (Å²) in [5, 5.41) is 22.6. The third-order valence-corrected chi connectivity index (χ3v) is 3.71. The van der Waals surface area contributed by atoms with Gasteiger partial charge >= 0.3 is 5.97 Å². The molecule has 0 aliphatic heterocycles. The predicted molar refractivity (Wildman–Crippen MR) is 85.1 cm³/mol. The van der Waals surface area contributed by atoms with E-state index in [1.807, 2.05) is 0 Å². The summed E-state index contributed by atoms with van der Waals surface area (Å²) in [7, 11) is 0. The van der Waals surface area contributed by atoms with Gasteiger partial charge in [-0.3, -0.25) is 19.7 Å². The van der Waals surface area contributed by atoms with Gasteiger partial charge in [-0.05, 0) is 32.9 Å². The molecule has 1 amide bonds. The lowest BCUT2D eigenvalue weighted by Crippen LogP contribution is -2.26. The molecule has 2 rings (SSSR count). The molecule has 1 aliphatic carbocycles. The van der Waals surface area contributed by atoms with E-state index in [1.165, 1.54) is 24.3 Å². The zero-order valence-electron chi connectivity index (χ0n) is 13.7. The number of carbonyl (C=O) groups excluding carboxylic acids is 2. The Morgan fingerprint density at radius 3 is 2.29 bits per heavy atom. The quantitative estimate of drug-likeness (QED) is 0.480. The van der Waals surface area contributed by atoms with Gasteiger partial charge in [0.15, 0.2) is 0 Å². The second-order valence-corrected chi connectivity index (χ2v) is 6.72. The van der Waals surface area contributed by atoms with Gasteiger partial charge in [0.2, 0.25) is 5.91 Å². The number of esters is 1. The maximum atomic E-state index is 12.3. The van der Waals surface area contributed by atoms with Gasteiger partial charge in [0.05, 0.1) is 16.8 Å². The molecule has 1 saturated carbocycles. The molecular formula is C16H20N2O6. The van der Waals surface area contributed by atoms with Crippen LogP contribution in [0.1, 0.15) is 20.8 Å². The number of ether oxygens (including phenoxy) is 1. The van der Waals surface area contributed by atoms with Gasteiger partial charge < -0.3 is 15.2 Å². The zero-order valence-corrected chi connectivity index (χ0v) is 13.7. The SMILES string of the molecule is CC(C)(C)OC(=O)[C@@H]1[C@H](CO)[C@@H]1C(=O)Nc1ccc([N+](=O)[O-])cc1. The highest BCUT2D eigenvalue weighted by Gasteiger charge is 2.59. The van der Waals surface area contributed by atoms with E-state index in [0.29, 0.717) is 5.69 Å². The number of aliphatic hydroxyl groups excluding tert-OH is 1. The summed E-state index contributed by atoms with van der Waals surface area (Å²) < 4.78 is 5.26. The van der Waals surface area contributed by atoms with Crippen LogP contribution in [0, 0.1) is 27.9 Å². The van der Waals surface area contributed by atoms with Crippen molar-refractivity contribution in [2.45, 2.75) is 26.4 Å². The molecule has 1 fully saturated rings. The number of benzene rings is 1. The lowest BCUT2D eigenvalue weighted by Gasteiger charge is -2.19. The van der Waals surface area contributed by atoms with Crippen LogP contribution in [-0.2, 0) is 14.3 Å². The highest BCUT2D eigenvalue weighted by molar-refractivity contribution is 5.99. The normalized spacial score (nSPS) is 22.6. The van der Waals surface area contributed by atoms with Gasteiger partial charge in [-0.25, -0.2) is 0 Å². The maximum absolute atomic E-state index is 12.3. The van der Waals surface area contributed by atoms with Crippen LogP contribution in [0.4, 0.5) is 11.4 Å². The fourth-order valence-electron chi connectivity index (χ4n) is 2.54. The van der Waals surface area contributed by atoms with Crippen molar-refractivity contribution < 1.29 is 24.4 Å². The number of aliphatic hydroxyl groups is 1. The van der Waals surface area contributed by atoms with Gasteiger partial charge in [0.1, 0.15) is 5.60 Å². The second kappa shape index (κ2) is 6.56. The van der Waals surface area contributed by atoms with Crippen LogP contribution in [-0.4, -0.2) is 34.1 Å². The van der Waals surface area contributed by atoms with Crippen molar-refractivity contribution in [2.24, 2.45) is 17.8 Å². The lowest BCUT2D eigenvalue weighted by molar-refractivity contribution is -0.384. The van der Waals surface area contributed by atoms with Crippen molar-refractivity contribution in [2.75, 3.05) is 11.9 Å². The Kier molecular flexibility index (Phi) is 4.88. The molecule has 1 aromatic carbocycles. The van der Waals surface area contributed by atoms with Gasteiger partial charge in [0.25, 0.3) is 5.69 Å². The Hall–Kier alpha value is -2.48. The zero-order chi connectivity index (χ0) is 18.1. The van der Waals surface area contributed by atoms with Gasteiger partial charge in [-0.15, -0.1) is 0 Å². The molecule has 1 aromatic rings. The minimum Gasteiger partial charge on any atom is -0.460 e. The average molecular weight is 336 g/mol. The Morgan fingerprint density at radius 2 is 1.83 bits per heavy atom. The molecule has 2 N–H and O–H groups in total. The van der Waals surface area contributed by atoms with Gasteiger partial charge in [-0.2, -0.15) is 0 Å². The third kappa shape index (κ3) is 4.08. The fraction of sp³-hybridized carbons (Fsp3) is 0.500. The van der Waals surface area contributed by atoms with Crippen molar-refractivity contribution in [1.29, 1.82) is 0 Å². The first kappa shape index (κ1) is 17.9. The molecule has 8 nitrogen and oxygen atoms in total. The summed E-state index contributed by atoms with van der Waals surface area (Å²) in [5.41, 5.74) is -0.365. The number of nitro groups is 1. The van der Waals surface area contributed by atoms with Crippen molar-refractivity contribution in [3.63, 3.8) is 0 Å². The van der Waals surface area contributed by atoms with Crippen LogP contribution in [0.25, 0.3) is 0 Å². The van der Waals surface area contributed by atoms with E-state index in [0.717, 1.165) is 0 Å². The van der Waals surface area contributed by atoms with E-state index in [9.17, 15) is 24.8 Å². The number of hydrogen-bond acceptors (Lipinski definition) is 6. The minimum absolute atomic E-state index is 0.0840. The first-order valence-electron chi connectivity index (χ1n) is 7.53. The number of rotatable bonds is 5. The Morgan fingerprint density at radius 1 is 1.25 bits per heavy atom. The Labute approximate surface area is 139 Å². The summed E-state index contributed by atoms with van der Waals surface area (Å²) in [4.78, 5) is 34.4. The molecule has 0 aromatic heterocycles. The molecule has 0 radical (unpaired) electrons. The van der Waals surface area contributed by atoms with E-state index in [2.05, 4.69) is 5.32 Å². The number of hydrogen-bond donors (Lipinski definition) is 2. The molecule has 0 bridgehead atoms. The van der Waals surface area contributed by atoms with Crippen molar-refractivity contribution in [1.82, 2.24) is 0 Å². The van der Waals surface area contributed by atoms with Crippen molar-refractivity contribution >= 4 is 23.3 Å². The standard InChI is InChI=1S/C16H20N2O6/c1-16(2,3)24-15(21)13-11(8-19)12(13)14(20)17-9-4-6-10(7-5-9)18(22)23/h4-7,11-13,19H,8H2,1-3H3,(H,17,20)/t11-,12+,13-/m1/s1. The topological polar surface area (TPSA) is 119 Å². The molecule has 0 saturated heterocycles. The van der Waals surface area contributed by atoms with Crippen LogP contribution >= 0.6 is 0 Å². The molecule has 130 valence electrons. The maximum Gasteiger partial charge on any atom is 0.310 e. The average Bonchev–Trinajstić information content (AvgIpc) is 3.20. The first-order chi connectivity index (χ1) is 11.1. The van der Waals surface area contributed by atoms with E-state index >= 15 is 0 Å².